The molecule has 18 heavy (non-hydrogen) atoms. The summed E-state index contributed by atoms with van der Waals surface area (Å²) in [6.07, 6.45) is 1.70. The lowest BCUT2D eigenvalue weighted by Gasteiger charge is -2.11. The van der Waals surface area contributed by atoms with Gasteiger partial charge in [-0.3, -0.25) is 0 Å². The van der Waals surface area contributed by atoms with Crippen LogP contribution in [0.1, 0.15) is 11.1 Å². The van der Waals surface area contributed by atoms with Gasteiger partial charge in [0, 0.05) is 17.4 Å². The Morgan fingerprint density at radius 3 is 2.67 bits per heavy atom. The van der Waals surface area contributed by atoms with Crippen LogP contribution in [0.25, 0.3) is 0 Å². The molecule has 0 fully saturated rings. The molecule has 0 aliphatic rings. The number of nitrogens with two attached hydrogens (primary N) is 1. The molecule has 0 radical (unpaired) electrons. The van der Waals surface area contributed by atoms with Crippen molar-refractivity contribution in [3.63, 3.8) is 0 Å². The molecule has 5 nitrogen and oxygen atoms in total. The highest BCUT2D eigenvalue weighted by molar-refractivity contribution is 5.61. The SMILES string of the molecule is COc1ccc(Nc2nc(N)ncc2C)cc1C. The summed E-state index contributed by atoms with van der Waals surface area (Å²) in [6, 6.07) is 5.84. The third-order valence-corrected chi connectivity index (χ3v) is 2.65. The zero-order chi connectivity index (χ0) is 13.1. The minimum Gasteiger partial charge on any atom is -0.496 e. The number of hydrogen-bond donors (Lipinski definition) is 2. The Bertz CT molecular complexity index is 569. The van der Waals surface area contributed by atoms with E-state index in [9.17, 15) is 0 Å². The minimum absolute atomic E-state index is 0.258. The van der Waals surface area contributed by atoms with Crippen molar-refractivity contribution in [2.24, 2.45) is 0 Å². The molecule has 5 heteroatoms. The molecule has 0 saturated heterocycles. The number of methoxy groups -OCH3 is 1. The zero-order valence-electron chi connectivity index (χ0n) is 10.7. The number of nitrogens with zero attached hydrogens (tertiary/aromatic N) is 2. The van der Waals surface area contributed by atoms with Crippen molar-refractivity contribution < 1.29 is 4.74 Å². The third-order valence-electron chi connectivity index (χ3n) is 2.65. The van der Waals surface area contributed by atoms with Gasteiger partial charge in [-0.1, -0.05) is 0 Å². The maximum Gasteiger partial charge on any atom is 0.221 e. The third kappa shape index (κ3) is 2.51. The standard InChI is InChI=1S/C13H16N4O/c1-8-6-10(4-5-11(8)18-3)16-12-9(2)7-15-13(14)17-12/h4-7H,1-3H3,(H3,14,15,16,17). The van der Waals surface area contributed by atoms with Crippen molar-refractivity contribution in [2.75, 3.05) is 18.2 Å². The van der Waals surface area contributed by atoms with Crippen LogP contribution < -0.4 is 15.8 Å². The molecule has 1 aromatic heterocycles. The van der Waals surface area contributed by atoms with Gasteiger partial charge in [0.2, 0.25) is 5.95 Å². The summed E-state index contributed by atoms with van der Waals surface area (Å²) >= 11 is 0. The highest BCUT2D eigenvalue weighted by atomic mass is 16.5. The van der Waals surface area contributed by atoms with Crippen LogP contribution in [0, 0.1) is 13.8 Å². The molecular formula is C13H16N4O. The fourth-order valence-corrected chi connectivity index (χ4v) is 1.68. The monoisotopic (exact) mass is 244 g/mol. The predicted molar refractivity (Wildman–Crippen MR) is 72.2 cm³/mol. The fraction of sp³-hybridized carbons (Fsp3) is 0.231. The van der Waals surface area contributed by atoms with Gasteiger partial charge >= 0.3 is 0 Å². The first-order chi connectivity index (χ1) is 8.60. The van der Waals surface area contributed by atoms with Gasteiger partial charge in [0.25, 0.3) is 0 Å². The van der Waals surface area contributed by atoms with Gasteiger partial charge in [-0.25, -0.2) is 4.98 Å². The summed E-state index contributed by atoms with van der Waals surface area (Å²) in [4.78, 5) is 8.10. The fourth-order valence-electron chi connectivity index (χ4n) is 1.68. The van der Waals surface area contributed by atoms with Crippen LogP contribution in [-0.4, -0.2) is 17.1 Å². The van der Waals surface area contributed by atoms with Crippen molar-refractivity contribution in [1.82, 2.24) is 9.97 Å². The Hall–Kier alpha value is -2.30. The van der Waals surface area contributed by atoms with Crippen LogP contribution >= 0.6 is 0 Å². The largest absolute Gasteiger partial charge is 0.496 e. The van der Waals surface area contributed by atoms with E-state index in [2.05, 4.69) is 15.3 Å². The molecule has 0 saturated carbocycles. The van der Waals surface area contributed by atoms with Gasteiger partial charge in [-0.05, 0) is 37.6 Å². The molecule has 0 atom stereocenters. The summed E-state index contributed by atoms with van der Waals surface area (Å²) in [6.45, 7) is 3.92. The van der Waals surface area contributed by atoms with Gasteiger partial charge in [0.1, 0.15) is 11.6 Å². The van der Waals surface area contributed by atoms with E-state index in [-0.39, 0.29) is 5.95 Å². The van der Waals surface area contributed by atoms with E-state index in [4.69, 9.17) is 10.5 Å². The molecule has 2 rings (SSSR count). The zero-order valence-corrected chi connectivity index (χ0v) is 10.7. The molecule has 1 aromatic carbocycles. The maximum atomic E-state index is 5.57. The second kappa shape index (κ2) is 4.91. The number of aryl methyl sites for hydroxylation is 2. The van der Waals surface area contributed by atoms with Gasteiger partial charge in [0.05, 0.1) is 7.11 Å². The molecule has 2 aromatic rings. The number of nitrogens with one attached hydrogen (secondary N) is 1. The number of anilines is 3. The number of benzene rings is 1. The first kappa shape index (κ1) is 12.2. The summed E-state index contributed by atoms with van der Waals surface area (Å²) in [5.41, 5.74) is 8.51. The molecule has 1 heterocycles. The number of nitrogen functional groups attached to an aromatic ring is 1. The number of hydrogen-bond acceptors (Lipinski definition) is 5. The van der Waals surface area contributed by atoms with Crippen LogP contribution in [0.4, 0.5) is 17.5 Å². The van der Waals surface area contributed by atoms with Crippen molar-refractivity contribution in [3.8, 4) is 5.75 Å². The summed E-state index contributed by atoms with van der Waals surface area (Å²) in [5, 5.41) is 3.22. The first-order valence-corrected chi connectivity index (χ1v) is 5.61. The van der Waals surface area contributed by atoms with E-state index in [0.717, 1.165) is 22.6 Å². The van der Waals surface area contributed by atoms with E-state index < -0.39 is 0 Å². The topological polar surface area (TPSA) is 73.1 Å². The number of aromatic nitrogens is 2. The Labute approximate surface area is 106 Å². The van der Waals surface area contributed by atoms with E-state index in [1.165, 1.54) is 0 Å². The first-order valence-electron chi connectivity index (χ1n) is 5.61. The van der Waals surface area contributed by atoms with Gasteiger partial charge in [0.15, 0.2) is 0 Å². The van der Waals surface area contributed by atoms with Crippen LogP contribution in [0.5, 0.6) is 5.75 Å². The van der Waals surface area contributed by atoms with Crippen molar-refractivity contribution in [2.45, 2.75) is 13.8 Å². The van der Waals surface area contributed by atoms with Gasteiger partial charge in [-0.15, -0.1) is 0 Å². The highest BCUT2D eigenvalue weighted by Crippen LogP contribution is 2.24. The Kier molecular flexibility index (Phi) is 3.32. The van der Waals surface area contributed by atoms with Gasteiger partial charge < -0.3 is 15.8 Å². The lowest BCUT2D eigenvalue weighted by atomic mass is 10.2. The van der Waals surface area contributed by atoms with E-state index in [0.29, 0.717) is 5.82 Å². The minimum atomic E-state index is 0.258. The average molecular weight is 244 g/mol. The highest BCUT2D eigenvalue weighted by Gasteiger charge is 2.04. The van der Waals surface area contributed by atoms with Crippen molar-refractivity contribution in [1.29, 1.82) is 0 Å². The van der Waals surface area contributed by atoms with Crippen molar-refractivity contribution in [3.05, 3.63) is 35.5 Å². The molecule has 0 amide bonds. The molecule has 0 aliphatic carbocycles. The Morgan fingerprint density at radius 1 is 1.22 bits per heavy atom. The second-order valence-corrected chi connectivity index (χ2v) is 4.07. The van der Waals surface area contributed by atoms with Crippen molar-refractivity contribution >= 4 is 17.5 Å². The van der Waals surface area contributed by atoms with Gasteiger partial charge in [-0.2, -0.15) is 4.98 Å². The molecule has 0 bridgehead atoms. The van der Waals surface area contributed by atoms with E-state index >= 15 is 0 Å². The van der Waals surface area contributed by atoms with Crippen LogP contribution in [0.15, 0.2) is 24.4 Å². The van der Waals surface area contributed by atoms with E-state index in [1.54, 1.807) is 13.3 Å². The quantitative estimate of drug-likeness (QED) is 0.867. The molecular weight excluding hydrogens is 228 g/mol. The molecule has 0 unspecified atom stereocenters. The maximum absolute atomic E-state index is 5.57. The summed E-state index contributed by atoms with van der Waals surface area (Å²) in [7, 11) is 1.66. The molecule has 94 valence electrons. The molecule has 0 aliphatic heterocycles. The molecule has 3 N–H and O–H groups in total. The lowest BCUT2D eigenvalue weighted by Crippen LogP contribution is -2.02. The smallest absolute Gasteiger partial charge is 0.221 e. The Morgan fingerprint density at radius 2 is 2.00 bits per heavy atom. The average Bonchev–Trinajstić information content (AvgIpc) is 2.34. The van der Waals surface area contributed by atoms with Crippen LogP contribution in [-0.2, 0) is 0 Å². The number of rotatable bonds is 3. The summed E-state index contributed by atoms with van der Waals surface area (Å²) in [5.74, 6) is 1.83. The lowest BCUT2D eigenvalue weighted by molar-refractivity contribution is 0.412. The van der Waals surface area contributed by atoms with Crippen LogP contribution in [0.3, 0.4) is 0 Å². The van der Waals surface area contributed by atoms with Crippen LogP contribution in [0.2, 0.25) is 0 Å². The predicted octanol–water partition coefficient (Wildman–Crippen LogP) is 2.43. The second-order valence-electron chi connectivity index (χ2n) is 4.07. The number of ether oxygens (including phenoxy) is 1. The summed E-state index contributed by atoms with van der Waals surface area (Å²) < 4.78 is 5.22. The Balaban J connectivity index is 2.28. The van der Waals surface area contributed by atoms with E-state index in [1.807, 2.05) is 32.0 Å². The normalized spacial score (nSPS) is 10.2. The molecule has 0 spiro atoms.